The zero-order valence-electron chi connectivity index (χ0n) is 11.5. The van der Waals surface area contributed by atoms with Gasteiger partial charge in [0.05, 0.1) is 23.8 Å². The molecule has 0 spiro atoms. The van der Waals surface area contributed by atoms with Crippen molar-refractivity contribution in [3.8, 4) is 0 Å². The van der Waals surface area contributed by atoms with E-state index in [4.69, 9.17) is 4.74 Å². The van der Waals surface area contributed by atoms with Gasteiger partial charge in [0, 0.05) is 0 Å². The van der Waals surface area contributed by atoms with E-state index in [1.165, 1.54) is 0 Å². The minimum Gasteiger partial charge on any atom is -0.453 e. The second kappa shape index (κ2) is 4.34. The smallest absolute Gasteiger partial charge is 0.339 e. The molecule has 0 saturated heterocycles. The van der Waals surface area contributed by atoms with Gasteiger partial charge in [-0.1, -0.05) is 24.8 Å². The first-order valence-corrected chi connectivity index (χ1v) is 6.51. The monoisotopic (exact) mass is 268 g/mol. The summed E-state index contributed by atoms with van der Waals surface area (Å²) in [6.07, 6.45) is 5.25. The lowest BCUT2D eigenvalue weighted by atomic mass is 9.85. The highest BCUT2D eigenvalue weighted by molar-refractivity contribution is 5.93. The number of rotatable bonds is 2. The molecule has 1 aliphatic heterocycles. The molecule has 20 heavy (non-hydrogen) atoms. The molecule has 1 atom stereocenters. The van der Waals surface area contributed by atoms with Crippen molar-refractivity contribution in [3.05, 3.63) is 60.2 Å². The Kier molecular flexibility index (Phi) is 2.74. The minimum atomic E-state index is -0.649. The van der Waals surface area contributed by atoms with Gasteiger partial charge in [-0.2, -0.15) is 0 Å². The molecule has 0 aliphatic carbocycles. The van der Waals surface area contributed by atoms with Gasteiger partial charge in [-0.15, -0.1) is 0 Å². The Morgan fingerprint density at radius 1 is 1.40 bits per heavy atom. The molecule has 0 fully saturated rings. The SMILES string of the molecule is C=Cc1cncn1[C@@H]1c2ccccc2C(=O)OC1(C)C. The normalized spacial score (nSPS) is 20.1. The van der Waals surface area contributed by atoms with Crippen LogP contribution in [0.3, 0.4) is 0 Å². The molecule has 1 aromatic carbocycles. The first-order chi connectivity index (χ1) is 9.54. The average Bonchev–Trinajstić information content (AvgIpc) is 2.86. The molecule has 3 rings (SSSR count). The van der Waals surface area contributed by atoms with Crippen LogP contribution in [-0.4, -0.2) is 21.1 Å². The molecule has 4 heteroatoms. The fraction of sp³-hybridized carbons (Fsp3) is 0.250. The van der Waals surface area contributed by atoms with Gasteiger partial charge in [0.1, 0.15) is 11.6 Å². The maximum absolute atomic E-state index is 12.1. The predicted molar refractivity (Wildman–Crippen MR) is 76.4 cm³/mol. The number of ether oxygens (including phenoxy) is 1. The Morgan fingerprint density at radius 2 is 2.15 bits per heavy atom. The van der Waals surface area contributed by atoms with Crippen LogP contribution in [0.15, 0.2) is 43.4 Å². The van der Waals surface area contributed by atoms with Crippen LogP contribution in [0, 0.1) is 0 Å². The third-order valence-corrected chi connectivity index (χ3v) is 3.67. The molecular weight excluding hydrogens is 252 g/mol. The standard InChI is InChI=1S/C16H16N2O2/c1-4-11-9-17-10-18(11)14-12-7-5-6-8-13(12)15(19)20-16(14,2)3/h4-10,14H,1H2,2-3H3/t14-/m1/s1. The number of esters is 1. The van der Waals surface area contributed by atoms with Crippen molar-refractivity contribution in [2.75, 3.05) is 0 Å². The molecule has 0 amide bonds. The number of aromatic nitrogens is 2. The molecule has 2 heterocycles. The summed E-state index contributed by atoms with van der Waals surface area (Å²) in [6.45, 7) is 7.64. The second-order valence-electron chi connectivity index (χ2n) is 5.41. The molecule has 0 radical (unpaired) electrons. The lowest BCUT2D eigenvalue weighted by Crippen LogP contribution is -2.43. The van der Waals surface area contributed by atoms with Gasteiger partial charge in [-0.25, -0.2) is 9.78 Å². The molecule has 1 aromatic heterocycles. The van der Waals surface area contributed by atoms with Gasteiger partial charge in [-0.3, -0.25) is 0 Å². The quantitative estimate of drug-likeness (QED) is 0.786. The lowest BCUT2D eigenvalue weighted by Gasteiger charge is -2.40. The summed E-state index contributed by atoms with van der Waals surface area (Å²) in [7, 11) is 0. The van der Waals surface area contributed by atoms with E-state index in [0.717, 1.165) is 11.3 Å². The number of benzene rings is 1. The summed E-state index contributed by atoms with van der Waals surface area (Å²) >= 11 is 0. The van der Waals surface area contributed by atoms with Crippen LogP contribution < -0.4 is 0 Å². The number of carbonyl (C=O) groups is 1. The van der Waals surface area contributed by atoms with Crippen molar-refractivity contribution in [3.63, 3.8) is 0 Å². The van der Waals surface area contributed by atoms with E-state index in [2.05, 4.69) is 11.6 Å². The number of fused-ring (bicyclic) bond motifs is 1. The first kappa shape index (κ1) is 12.7. The highest BCUT2D eigenvalue weighted by Crippen LogP contribution is 2.40. The Labute approximate surface area is 117 Å². The van der Waals surface area contributed by atoms with Crippen LogP contribution in [0.2, 0.25) is 0 Å². The molecule has 0 saturated carbocycles. The summed E-state index contributed by atoms with van der Waals surface area (Å²) < 4.78 is 7.61. The summed E-state index contributed by atoms with van der Waals surface area (Å²) in [5.41, 5.74) is 1.82. The van der Waals surface area contributed by atoms with Gasteiger partial charge in [-0.05, 0) is 31.6 Å². The van der Waals surface area contributed by atoms with Crippen molar-refractivity contribution in [2.45, 2.75) is 25.5 Å². The van der Waals surface area contributed by atoms with Crippen LogP contribution in [0.4, 0.5) is 0 Å². The van der Waals surface area contributed by atoms with E-state index in [1.807, 2.05) is 36.6 Å². The molecule has 0 unspecified atom stereocenters. The Bertz CT molecular complexity index is 685. The van der Waals surface area contributed by atoms with E-state index < -0.39 is 5.60 Å². The van der Waals surface area contributed by atoms with Crippen molar-refractivity contribution >= 4 is 12.0 Å². The molecule has 2 aromatic rings. The van der Waals surface area contributed by atoms with Gasteiger partial charge < -0.3 is 9.30 Å². The number of imidazole rings is 1. The number of hydrogen-bond acceptors (Lipinski definition) is 3. The van der Waals surface area contributed by atoms with Gasteiger partial charge in [0.25, 0.3) is 0 Å². The molecule has 0 bridgehead atoms. The van der Waals surface area contributed by atoms with E-state index in [1.54, 1.807) is 24.7 Å². The van der Waals surface area contributed by atoms with E-state index in [-0.39, 0.29) is 12.0 Å². The van der Waals surface area contributed by atoms with Crippen LogP contribution >= 0.6 is 0 Å². The fourth-order valence-corrected chi connectivity index (χ4v) is 2.82. The van der Waals surface area contributed by atoms with Crippen LogP contribution in [0.25, 0.3) is 6.08 Å². The summed E-state index contributed by atoms with van der Waals surface area (Å²) in [5, 5.41) is 0. The van der Waals surface area contributed by atoms with E-state index in [9.17, 15) is 4.79 Å². The second-order valence-corrected chi connectivity index (χ2v) is 5.41. The maximum Gasteiger partial charge on any atom is 0.339 e. The summed E-state index contributed by atoms with van der Waals surface area (Å²) in [5.74, 6) is -0.276. The summed E-state index contributed by atoms with van der Waals surface area (Å²) in [6, 6.07) is 7.43. The molecular formula is C16H16N2O2. The first-order valence-electron chi connectivity index (χ1n) is 6.51. The van der Waals surface area contributed by atoms with Gasteiger partial charge in [0.2, 0.25) is 0 Å². The highest BCUT2D eigenvalue weighted by atomic mass is 16.6. The molecule has 4 nitrogen and oxygen atoms in total. The van der Waals surface area contributed by atoms with Crippen molar-refractivity contribution in [1.29, 1.82) is 0 Å². The number of cyclic esters (lactones) is 1. The predicted octanol–water partition coefficient (Wildman–Crippen LogP) is 3.06. The minimum absolute atomic E-state index is 0.119. The third kappa shape index (κ3) is 1.76. The Hall–Kier alpha value is -2.36. The van der Waals surface area contributed by atoms with E-state index in [0.29, 0.717) is 5.56 Å². The highest BCUT2D eigenvalue weighted by Gasteiger charge is 2.43. The number of nitrogens with zero attached hydrogens (tertiary/aromatic N) is 2. The molecule has 1 aliphatic rings. The Balaban J connectivity index is 2.24. The number of hydrogen-bond donors (Lipinski definition) is 0. The van der Waals surface area contributed by atoms with Crippen LogP contribution in [0.5, 0.6) is 0 Å². The average molecular weight is 268 g/mol. The van der Waals surface area contributed by atoms with Crippen LogP contribution in [-0.2, 0) is 4.74 Å². The lowest BCUT2D eigenvalue weighted by molar-refractivity contribution is -0.0262. The Morgan fingerprint density at radius 3 is 2.90 bits per heavy atom. The van der Waals surface area contributed by atoms with Crippen LogP contribution in [0.1, 0.15) is 41.5 Å². The zero-order valence-corrected chi connectivity index (χ0v) is 11.5. The van der Waals surface area contributed by atoms with Crippen molar-refractivity contribution < 1.29 is 9.53 Å². The van der Waals surface area contributed by atoms with E-state index >= 15 is 0 Å². The van der Waals surface area contributed by atoms with Crippen molar-refractivity contribution in [1.82, 2.24) is 9.55 Å². The van der Waals surface area contributed by atoms with Gasteiger partial charge >= 0.3 is 5.97 Å². The third-order valence-electron chi connectivity index (χ3n) is 3.67. The van der Waals surface area contributed by atoms with Gasteiger partial charge in [0.15, 0.2) is 0 Å². The largest absolute Gasteiger partial charge is 0.453 e. The maximum atomic E-state index is 12.1. The molecule has 102 valence electrons. The molecule has 0 N–H and O–H groups in total. The fourth-order valence-electron chi connectivity index (χ4n) is 2.82. The zero-order chi connectivity index (χ0) is 14.3. The number of carbonyl (C=O) groups excluding carboxylic acids is 1. The summed E-state index contributed by atoms with van der Waals surface area (Å²) in [4.78, 5) is 16.3. The topological polar surface area (TPSA) is 44.1 Å². The van der Waals surface area contributed by atoms with Crippen molar-refractivity contribution in [2.24, 2.45) is 0 Å².